The van der Waals surface area contributed by atoms with Gasteiger partial charge in [-0.15, -0.1) is 4.94 Å². The molecule has 0 saturated carbocycles. The number of rotatable bonds is 3. The molecular weight excluding hydrogens is 336 g/mol. The Morgan fingerprint density at radius 1 is 1.88 bits per heavy atom. The van der Waals surface area contributed by atoms with Crippen LogP contribution >= 0.6 is 0 Å². The number of nitrogens with one attached hydrogen (secondary N) is 2. The zero-order valence-corrected chi connectivity index (χ0v) is 8.63. The molecular formula is C2H8N3O2U-. The maximum absolute atomic E-state index is 9.84. The van der Waals surface area contributed by atoms with Crippen molar-refractivity contribution >= 4 is 0 Å². The zero-order valence-electron chi connectivity index (χ0n) is 4.47. The molecule has 5 nitrogen and oxygen atoms in total. The topological polar surface area (TPSA) is 74.8 Å². The smallest absolute Gasteiger partial charge is 0.0980 e. The number of hydroxylamine groups is 3. The second kappa shape index (κ2) is 7.85. The van der Waals surface area contributed by atoms with E-state index < -0.39 is 5.23 Å². The standard InChI is InChI=1S/C2H8N3O2.U/c1-5(6)7-4-2-3;/h2,4-5H,3H2,1H3;/q-1;. The van der Waals surface area contributed by atoms with Crippen molar-refractivity contribution in [2.24, 2.45) is 5.73 Å². The second-order valence-corrected chi connectivity index (χ2v) is 0.878. The number of nitrogens with two attached hydrogens (primary N) is 1. The molecule has 0 spiro atoms. The maximum Gasteiger partial charge on any atom is 0.0980 e. The Kier molecular flexibility index (Phi) is 11.4. The van der Waals surface area contributed by atoms with Crippen LogP contribution in [0, 0.1) is 43.0 Å². The molecule has 0 fully saturated rings. The number of quaternary nitrogens is 1. The van der Waals surface area contributed by atoms with E-state index in [0.717, 1.165) is 6.67 Å². The molecule has 0 amide bonds. The van der Waals surface area contributed by atoms with Gasteiger partial charge >= 0.3 is 0 Å². The van der Waals surface area contributed by atoms with Gasteiger partial charge in [-0.2, -0.15) is 6.67 Å². The molecule has 6 heteroatoms. The summed E-state index contributed by atoms with van der Waals surface area (Å²) in [5.41, 5.74) is 6.81. The van der Waals surface area contributed by atoms with E-state index in [0.29, 0.717) is 0 Å². The Morgan fingerprint density at radius 2 is 2.38 bits per heavy atom. The minimum absolute atomic E-state index is 0. The molecule has 4 N–H and O–H groups in total. The quantitative estimate of drug-likeness (QED) is 0.391. The van der Waals surface area contributed by atoms with Crippen LogP contribution in [0.15, 0.2) is 0 Å². The summed E-state index contributed by atoms with van der Waals surface area (Å²) in [5, 5.41) is 9.43. The molecule has 0 heterocycles. The molecule has 1 unspecified atom stereocenters. The van der Waals surface area contributed by atoms with E-state index in [1.807, 2.05) is 0 Å². The Bertz CT molecular complexity index is 44.3. The van der Waals surface area contributed by atoms with Gasteiger partial charge in [-0.05, 0) is 0 Å². The predicted molar refractivity (Wildman–Crippen MR) is 23.0 cm³/mol. The Labute approximate surface area is 71.4 Å². The molecule has 0 aliphatic carbocycles. The molecule has 0 radical (unpaired) electrons. The summed E-state index contributed by atoms with van der Waals surface area (Å²) >= 11 is 0. The van der Waals surface area contributed by atoms with Gasteiger partial charge in [-0.25, -0.2) is 5.23 Å². The molecule has 1 atom stereocenters. The zero-order chi connectivity index (χ0) is 5.70. The number of hydrogen-bond acceptors (Lipinski definition) is 4. The minimum atomic E-state index is -0.415. The first-order chi connectivity index (χ1) is 3.27. The van der Waals surface area contributed by atoms with Crippen LogP contribution in [0.2, 0.25) is 0 Å². The largest absolute Gasteiger partial charge is 0.599 e. The molecule has 0 rings (SSSR count). The minimum Gasteiger partial charge on any atom is -0.599 e. The molecule has 0 bridgehead atoms. The molecule has 0 aromatic heterocycles. The molecule has 0 aromatic rings. The van der Waals surface area contributed by atoms with Crippen LogP contribution in [0.1, 0.15) is 0 Å². The summed E-state index contributed by atoms with van der Waals surface area (Å²) in [6.07, 6.45) is 0. The van der Waals surface area contributed by atoms with Crippen LogP contribution in [0.3, 0.4) is 0 Å². The van der Waals surface area contributed by atoms with Gasteiger partial charge in [0.2, 0.25) is 0 Å². The van der Waals surface area contributed by atoms with E-state index in [9.17, 15) is 5.21 Å². The molecule has 0 saturated heterocycles. The van der Waals surface area contributed by atoms with E-state index in [1.165, 1.54) is 7.05 Å². The third-order valence-corrected chi connectivity index (χ3v) is 0.271. The third-order valence-electron chi connectivity index (χ3n) is 0.271. The molecule has 0 aliphatic rings. The van der Waals surface area contributed by atoms with Crippen LogP contribution < -0.4 is 16.4 Å². The first-order valence-corrected chi connectivity index (χ1v) is 1.73. The summed E-state index contributed by atoms with van der Waals surface area (Å²) in [5.74, 6) is 0. The summed E-state index contributed by atoms with van der Waals surface area (Å²) in [6.45, 7) is 1.03. The van der Waals surface area contributed by atoms with Crippen LogP contribution in [-0.2, 0) is 4.94 Å². The summed E-state index contributed by atoms with van der Waals surface area (Å²) in [7, 11) is 1.27. The average Bonchev–Trinajstić information content (AvgIpc) is 1.61. The van der Waals surface area contributed by atoms with Crippen LogP contribution in [0.5, 0.6) is 0 Å². The first kappa shape index (κ1) is 11.6. The van der Waals surface area contributed by atoms with Crippen molar-refractivity contribution in [1.29, 1.82) is 0 Å². The average molecular weight is 344 g/mol. The van der Waals surface area contributed by atoms with Crippen molar-refractivity contribution in [1.82, 2.24) is 5.48 Å². The first-order valence-electron chi connectivity index (χ1n) is 1.73. The molecule has 8 heavy (non-hydrogen) atoms. The normalized spacial score (nSPS) is 12.4. The molecule has 0 aromatic carbocycles. The van der Waals surface area contributed by atoms with Crippen LogP contribution in [0.4, 0.5) is 0 Å². The predicted octanol–water partition coefficient (Wildman–Crippen LogP) is -2.49. The van der Waals surface area contributed by atoms with Crippen LogP contribution in [-0.4, -0.2) is 7.05 Å². The molecule has 48 valence electrons. The summed E-state index contributed by atoms with van der Waals surface area (Å²) in [4.78, 5) is 4.12. The van der Waals surface area contributed by atoms with Gasteiger partial charge in [0.1, 0.15) is 0 Å². The monoisotopic (exact) mass is 344 g/mol. The van der Waals surface area contributed by atoms with E-state index in [2.05, 4.69) is 10.4 Å². The van der Waals surface area contributed by atoms with Gasteiger partial charge < -0.3 is 10.9 Å². The van der Waals surface area contributed by atoms with E-state index >= 15 is 0 Å². The van der Waals surface area contributed by atoms with E-state index in [-0.39, 0.29) is 31.1 Å². The van der Waals surface area contributed by atoms with Gasteiger partial charge in [0.25, 0.3) is 0 Å². The van der Waals surface area contributed by atoms with Crippen molar-refractivity contribution < 1.29 is 41.3 Å². The van der Waals surface area contributed by atoms with Gasteiger partial charge in [-0.1, -0.05) is 0 Å². The van der Waals surface area contributed by atoms with E-state index in [4.69, 9.17) is 5.73 Å². The Balaban J connectivity index is 0. The van der Waals surface area contributed by atoms with Crippen LogP contribution in [0.25, 0.3) is 0 Å². The van der Waals surface area contributed by atoms with Gasteiger partial charge in [0, 0.05) is 31.1 Å². The van der Waals surface area contributed by atoms with E-state index in [1.54, 1.807) is 0 Å². The Morgan fingerprint density at radius 3 is 2.50 bits per heavy atom. The fraction of sp³-hybridized carbons (Fsp3) is 0.500. The summed E-state index contributed by atoms with van der Waals surface area (Å²) in [6, 6.07) is 0. The van der Waals surface area contributed by atoms with Gasteiger partial charge in [0.15, 0.2) is 0 Å². The SMILES string of the molecule is C[NH+]([O-])ON[CH-]N.[U]. The second-order valence-electron chi connectivity index (χ2n) is 0.878. The van der Waals surface area contributed by atoms with Crippen molar-refractivity contribution in [3.05, 3.63) is 11.9 Å². The fourth-order valence-corrected chi connectivity index (χ4v) is 0.117. The fourth-order valence-electron chi connectivity index (χ4n) is 0.117. The van der Waals surface area contributed by atoms with Crippen molar-refractivity contribution in [3.8, 4) is 0 Å². The van der Waals surface area contributed by atoms with Crippen molar-refractivity contribution in [2.75, 3.05) is 7.05 Å². The number of hydrogen-bond donors (Lipinski definition) is 3. The van der Waals surface area contributed by atoms with Crippen molar-refractivity contribution in [3.63, 3.8) is 0 Å². The summed E-state index contributed by atoms with van der Waals surface area (Å²) < 4.78 is 0. The van der Waals surface area contributed by atoms with Gasteiger partial charge in [0.05, 0.1) is 7.05 Å². The van der Waals surface area contributed by atoms with Crippen molar-refractivity contribution in [2.45, 2.75) is 0 Å². The Hall–Kier alpha value is 0.852. The maximum atomic E-state index is 9.84. The third kappa shape index (κ3) is 9.97. The molecule has 0 aliphatic heterocycles. The van der Waals surface area contributed by atoms with Gasteiger partial charge in [-0.3, -0.25) is 5.48 Å².